The van der Waals surface area contributed by atoms with Gasteiger partial charge in [0.05, 0.1) is 17.4 Å². The number of hydrogen-bond acceptors (Lipinski definition) is 5. The van der Waals surface area contributed by atoms with Crippen LogP contribution < -0.4 is 10.6 Å². The van der Waals surface area contributed by atoms with Crippen LogP contribution in [0.2, 0.25) is 0 Å². The number of nitrogens with zero attached hydrogens (tertiary/aromatic N) is 1. The first-order chi connectivity index (χ1) is 18.9. The van der Waals surface area contributed by atoms with Crippen LogP contribution in [0.4, 0.5) is 14.9 Å². The molecule has 4 rings (SSSR count). The zero-order chi connectivity index (χ0) is 29.0. The lowest BCUT2D eigenvalue weighted by Gasteiger charge is -2.27. The highest BCUT2D eigenvalue weighted by atomic mass is 127. The van der Waals surface area contributed by atoms with Crippen molar-refractivity contribution in [2.24, 2.45) is 5.92 Å². The molecular formula is C29H29FIN3O5S. The molecule has 0 aromatic heterocycles. The molecule has 3 aromatic rings. The van der Waals surface area contributed by atoms with Crippen molar-refractivity contribution < 1.29 is 27.2 Å². The Labute approximate surface area is 246 Å². The average Bonchev–Trinajstić information content (AvgIpc) is 3.20. The van der Waals surface area contributed by atoms with Crippen LogP contribution in [0, 0.1) is 15.3 Å². The van der Waals surface area contributed by atoms with E-state index < -0.39 is 51.4 Å². The van der Waals surface area contributed by atoms with Gasteiger partial charge in [0.2, 0.25) is 5.91 Å². The van der Waals surface area contributed by atoms with E-state index in [2.05, 4.69) is 10.6 Å². The molecule has 40 heavy (non-hydrogen) atoms. The summed E-state index contributed by atoms with van der Waals surface area (Å²) in [6.07, 6.45) is 1.51. The second kappa shape index (κ2) is 12.5. The van der Waals surface area contributed by atoms with E-state index in [9.17, 15) is 27.2 Å². The normalized spacial score (nSPS) is 16.9. The fourth-order valence-corrected chi connectivity index (χ4v) is 5.63. The number of carbonyl (C=O) groups is 3. The Morgan fingerprint density at radius 3 is 2.38 bits per heavy atom. The van der Waals surface area contributed by atoms with Crippen molar-refractivity contribution in [3.63, 3.8) is 0 Å². The number of carbonyl (C=O) groups excluding carboxylic acids is 3. The van der Waals surface area contributed by atoms with Crippen molar-refractivity contribution in [2.45, 2.75) is 25.3 Å². The quantitative estimate of drug-likeness (QED) is 0.240. The van der Waals surface area contributed by atoms with E-state index in [0.29, 0.717) is 15.6 Å². The van der Waals surface area contributed by atoms with Gasteiger partial charge in [0.25, 0.3) is 5.91 Å². The fraction of sp³-hybridized carbons (Fsp3) is 0.276. The zero-order valence-electron chi connectivity index (χ0n) is 21.9. The molecule has 1 saturated heterocycles. The number of amides is 4. The lowest BCUT2D eigenvalue weighted by Crippen LogP contribution is -2.41. The van der Waals surface area contributed by atoms with Gasteiger partial charge in [-0.15, -0.1) is 0 Å². The molecule has 1 aliphatic heterocycles. The summed E-state index contributed by atoms with van der Waals surface area (Å²) in [5, 5.41) is 5.32. The SMILES string of the molecule is C[C@@H](c1ccccc1)C(CN1C(=O)NC(c2ccc(CCS(C)(=O)=O)cc2)C1=O)C(=O)Nc1ccc(I)cc1F. The molecule has 3 atom stereocenters. The highest BCUT2D eigenvalue weighted by Crippen LogP contribution is 2.30. The smallest absolute Gasteiger partial charge is 0.323 e. The van der Waals surface area contributed by atoms with Crippen LogP contribution in [0.3, 0.4) is 0 Å². The minimum atomic E-state index is -3.11. The summed E-state index contributed by atoms with van der Waals surface area (Å²) in [5.41, 5.74) is 2.18. The molecule has 2 unspecified atom stereocenters. The minimum absolute atomic E-state index is 0.00832. The van der Waals surface area contributed by atoms with E-state index in [0.717, 1.165) is 16.0 Å². The molecule has 0 aliphatic carbocycles. The van der Waals surface area contributed by atoms with Crippen LogP contribution in [-0.4, -0.2) is 49.7 Å². The molecule has 11 heteroatoms. The van der Waals surface area contributed by atoms with Crippen LogP contribution in [0.5, 0.6) is 0 Å². The Morgan fingerprint density at radius 1 is 1.07 bits per heavy atom. The lowest BCUT2D eigenvalue weighted by molar-refractivity contribution is -0.129. The highest BCUT2D eigenvalue weighted by Gasteiger charge is 2.42. The Bertz CT molecular complexity index is 1520. The van der Waals surface area contributed by atoms with E-state index >= 15 is 0 Å². The summed E-state index contributed by atoms with van der Waals surface area (Å²) in [6.45, 7) is 1.62. The molecule has 8 nitrogen and oxygen atoms in total. The van der Waals surface area contributed by atoms with Crippen molar-refractivity contribution in [1.82, 2.24) is 10.2 Å². The summed E-state index contributed by atoms with van der Waals surface area (Å²) in [5.74, 6) is -2.87. The van der Waals surface area contributed by atoms with E-state index in [1.807, 2.05) is 59.8 Å². The molecule has 210 valence electrons. The van der Waals surface area contributed by atoms with Gasteiger partial charge in [0, 0.05) is 16.4 Å². The summed E-state index contributed by atoms with van der Waals surface area (Å²) < 4.78 is 38.1. The number of nitrogens with one attached hydrogen (secondary N) is 2. The number of hydrogen-bond donors (Lipinski definition) is 2. The van der Waals surface area contributed by atoms with Crippen LogP contribution >= 0.6 is 22.6 Å². The van der Waals surface area contributed by atoms with E-state index in [1.54, 1.807) is 30.3 Å². The average molecular weight is 678 g/mol. The van der Waals surface area contributed by atoms with Gasteiger partial charge < -0.3 is 10.6 Å². The molecule has 3 aromatic carbocycles. The summed E-state index contributed by atoms with van der Waals surface area (Å²) in [7, 11) is -3.11. The highest BCUT2D eigenvalue weighted by molar-refractivity contribution is 14.1. The van der Waals surface area contributed by atoms with Crippen LogP contribution in [0.25, 0.3) is 0 Å². The van der Waals surface area contributed by atoms with Crippen molar-refractivity contribution in [1.29, 1.82) is 0 Å². The molecule has 4 amide bonds. The number of sulfone groups is 1. The maximum Gasteiger partial charge on any atom is 0.325 e. The number of imide groups is 1. The predicted molar refractivity (Wildman–Crippen MR) is 159 cm³/mol. The van der Waals surface area contributed by atoms with Gasteiger partial charge in [-0.2, -0.15) is 0 Å². The Hall–Kier alpha value is -3.32. The maximum atomic E-state index is 14.5. The van der Waals surface area contributed by atoms with Crippen LogP contribution in [0.1, 0.15) is 35.6 Å². The van der Waals surface area contributed by atoms with Gasteiger partial charge in [0.1, 0.15) is 21.7 Å². The number of aryl methyl sites for hydroxylation is 1. The number of benzene rings is 3. The Balaban J connectivity index is 1.54. The first-order valence-electron chi connectivity index (χ1n) is 12.6. The molecule has 0 radical (unpaired) electrons. The molecule has 1 aliphatic rings. The van der Waals surface area contributed by atoms with Gasteiger partial charge in [0.15, 0.2) is 0 Å². The minimum Gasteiger partial charge on any atom is -0.323 e. The van der Waals surface area contributed by atoms with E-state index in [4.69, 9.17) is 0 Å². The third-order valence-electron chi connectivity index (χ3n) is 6.93. The van der Waals surface area contributed by atoms with Gasteiger partial charge in [-0.25, -0.2) is 17.6 Å². The zero-order valence-corrected chi connectivity index (χ0v) is 24.9. The molecule has 2 N–H and O–H groups in total. The topological polar surface area (TPSA) is 113 Å². The van der Waals surface area contributed by atoms with Crippen molar-refractivity contribution in [3.05, 3.63) is 98.9 Å². The summed E-state index contributed by atoms with van der Waals surface area (Å²) >= 11 is 1.97. The van der Waals surface area contributed by atoms with E-state index in [1.165, 1.54) is 18.4 Å². The van der Waals surface area contributed by atoms with Gasteiger partial charge >= 0.3 is 6.03 Å². The number of anilines is 1. The fourth-order valence-electron chi connectivity index (χ4n) is 4.57. The Kier molecular flexibility index (Phi) is 9.24. The summed E-state index contributed by atoms with van der Waals surface area (Å²) in [6, 6.07) is 18.9. The monoisotopic (exact) mass is 677 g/mol. The van der Waals surface area contributed by atoms with Gasteiger partial charge in [-0.1, -0.05) is 61.5 Å². The first-order valence-corrected chi connectivity index (χ1v) is 15.8. The number of urea groups is 1. The third kappa shape index (κ3) is 7.25. The third-order valence-corrected chi connectivity index (χ3v) is 8.55. The number of halogens is 2. The molecule has 0 spiro atoms. The van der Waals surface area contributed by atoms with Crippen molar-refractivity contribution >= 4 is 56.0 Å². The second-order valence-corrected chi connectivity index (χ2v) is 13.4. The largest absolute Gasteiger partial charge is 0.325 e. The van der Waals surface area contributed by atoms with Crippen molar-refractivity contribution in [3.8, 4) is 0 Å². The molecule has 0 bridgehead atoms. The Morgan fingerprint density at radius 2 is 1.75 bits per heavy atom. The summed E-state index contributed by atoms with van der Waals surface area (Å²) in [4.78, 5) is 40.9. The lowest BCUT2D eigenvalue weighted by atomic mass is 9.86. The second-order valence-electron chi connectivity index (χ2n) is 9.87. The standard InChI is InChI=1S/C29H29FIN3O5S/c1-18(20-6-4-3-5-7-20)23(27(35)32-25-13-12-22(31)16-24(25)30)17-34-28(36)26(33-29(34)37)21-10-8-19(9-11-21)14-15-40(2,38)39/h3-13,16,18,23,26H,14-15,17H2,1-2H3,(H,32,35)(H,33,37)/t18-,23?,26?/m0/s1. The molecule has 1 fully saturated rings. The molecule has 0 saturated carbocycles. The van der Waals surface area contributed by atoms with Crippen molar-refractivity contribution in [2.75, 3.05) is 23.9 Å². The van der Waals surface area contributed by atoms with Crippen LogP contribution in [0.15, 0.2) is 72.8 Å². The predicted octanol–water partition coefficient (Wildman–Crippen LogP) is 4.67. The molecular weight excluding hydrogens is 648 g/mol. The first kappa shape index (κ1) is 29.7. The van der Waals surface area contributed by atoms with Crippen LogP contribution in [-0.2, 0) is 25.8 Å². The number of rotatable bonds is 10. The van der Waals surface area contributed by atoms with Gasteiger partial charge in [-0.05, 0) is 69.8 Å². The molecule has 1 heterocycles. The van der Waals surface area contributed by atoms with E-state index in [-0.39, 0.29) is 18.0 Å². The maximum absolute atomic E-state index is 14.5. The van der Waals surface area contributed by atoms with Gasteiger partial charge in [-0.3, -0.25) is 14.5 Å².